The summed E-state index contributed by atoms with van der Waals surface area (Å²) in [6, 6.07) is -2.56. The fourth-order valence-corrected chi connectivity index (χ4v) is 4.37. The summed E-state index contributed by atoms with van der Waals surface area (Å²) in [6.45, 7) is 1.46. The Hall–Kier alpha value is -2.95. The van der Waals surface area contributed by atoms with Gasteiger partial charge in [-0.05, 0) is 13.0 Å². The predicted molar refractivity (Wildman–Crippen MR) is 103 cm³/mol. The van der Waals surface area contributed by atoms with E-state index in [2.05, 4.69) is 30.5 Å². The van der Waals surface area contributed by atoms with Crippen LogP contribution in [0, 0.1) is 0 Å². The highest BCUT2D eigenvalue weighted by Crippen LogP contribution is 2.44. The summed E-state index contributed by atoms with van der Waals surface area (Å²) in [5, 5.41) is 17.3. The van der Waals surface area contributed by atoms with Crippen LogP contribution in [0.25, 0.3) is 0 Å². The highest BCUT2D eigenvalue weighted by atomic mass is 32.3. The Morgan fingerprint density at radius 2 is 2.23 bits per heavy atom. The number of hydrogen-bond acceptors (Lipinski definition) is 9. The molecule has 4 N–H and O–H groups in total. The Balaban J connectivity index is 1.61. The largest absolute Gasteiger partial charge is 0.433 e. The molecule has 1 aromatic rings. The van der Waals surface area contributed by atoms with E-state index in [1.54, 1.807) is 7.05 Å². The molecule has 0 unspecified atom stereocenters. The SMILES string of the molecule is CN/C(=N\OC(=O)N[C@H]1CCNC1)[C@@H]1c2c(cnn2C)[C@H]2CN1C(=O)N2OS(=O)(=O)O. The zero-order valence-corrected chi connectivity index (χ0v) is 17.5. The number of hydroxylamine groups is 2. The fraction of sp³-hybridized carbons (Fsp3) is 0.600. The molecule has 4 rings (SSSR count). The van der Waals surface area contributed by atoms with Crippen LogP contribution in [0.1, 0.15) is 29.8 Å². The average molecular weight is 458 g/mol. The first kappa shape index (κ1) is 21.3. The molecule has 0 aliphatic carbocycles. The third-order valence-electron chi connectivity index (χ3n) is 5.33. The normalized spacial score (nSPS) is 25.6. The van der Waals surface area contributed by atoms with Crippen LogP contribution in [0.5, 0.6) is 0 Å². The summed E-state index contributed by atoms with van der Waals surface area (Å²) in [7, 11) is -1.75. The number of likely N-dealkylation sites (N-methyl/N-ethyl adjacent to an activating group) is 1. The quantitative estimate of drug-likeness (QED) is 0.135. The maximum absolute atomic E-state index is 12.9. The number of aryl methyl sites for hydroxylation is 1. The molecule has 170 valence electrons. The van der Waals surface area contributed by atoms with Gasteiger partial charge in [0.15, 0.2) is 5.84 Å². The molecule has 3 aliphatic heterocycles. The highest BCUT2D eigenvalue weighted by molar-refractivity contribution is 7.80. The van der Waals surface area contributed by atoms with Gasteiger partial charge in [-0.2, -0.15) is 18.6 Å². The van der Waals surface area contributed by atoms with Crippen molar-refractivity contribution < 1.29 is 31.7 Å². The first-order chi connectivity index (χ1) is 14.7. The van der Waals surface area contributed by atoms with Gasteiger partial charge in [0.1, 0.15) is 12.1 Å². The van der Waals surface area contributed by atoms with E-state index in [1.165, 1.54) is 22.8 Å². The molecule has 16 heteroatoms. The average Bonchev–Trinajstić information content (AvgIpc) is 3.40. The lowest BCUT2D eigenvalue weighted by Crippen LogP contribution is -2.44. The van der Waals surface area contributed by atoms with Gasteiger partial charge in [0.2, 0.25) is 0 Å². The van der Waals surface area contributed by atoms with E-state index in [0.29, 0.717) is 22.9 Å². The van der Waals surface area contributed by atoms with E-state index in [9.17, 15) is 18.0 Å². The van der Waals surface area contributed by atoms with Crippen LogP contribution < -0.4 is 16.0 Å². The summed E-state index contributed by atoms with van der Waals surface area (Å²) in [4.78, 5) is 31.2. The minimum atomic E-state index is -4.93. The minimum absolute atomic E-state index is 0.0400. The van der Waals surface area contributed by atoms with Crippen molar-refractivity contribution in [3.8, 4) is 0 Å². The van der Waals surface area contributed by atoms with Crippen LogP contribution in [0.4, 0.5) is 9.59 Å². The molecule has 2 bridgehead atoms. The molecule has 0 spiro atoms. The molecule has 0 aromatic carbocycles. The van der Waals surface area contributed by atoms with Crippen molar-refractivity contribution in [1.82, 2.24) is 35.7 Å². The van der Waals surface area contributed by atoms with Gasteiger partial charge in [0.05, 0.1) is 18.4 Å². The molecular weight excluding hydrogens is 436 g/mol. The van der Waals surface area contributed by atoms with Gasteiger partial charge in [-0.15, -0.1) is 4.28 Å². The number of amidine groups is 1. The standard InChI is InChI=1S/C15H22N8O7S/c1-16-13(20-29-14(24)19-8-3-4-17-5-8)12-11-9(6-18-21(11)2)10-7-22(12)15(25)23(10)30-31(26,27)28/h6,8,10,12,17H,3-5,7H2,1-2H3,(H,16,20)(H,19,24)(H,26,27,28)/t8-,10+,12-/m0/s1. The number of aromatic nitrogens is 2. The maximum atomic E-state index is 12.9. The lowest BCUT2D eigenvalue weighted by atomic mass is 9.97. The van der Waals surface area contributed by atoms with Crippen molar-refractivity contribution in [3.63, 3.8) is 0 Å². The lowest BCUT2D eigenvalue weighted by Gasteiger charge is -2.31. The minimum Gasteiger partial charge on any atom is -0.372 e. The third-order valence-corrected chi connectivity index (χ3v) is 5.68. The second-order valence-electron chi connectivity index (χ2n) is 7.23. The van der Waals surface area contributed by atoms with E-state index in [1.807, 2.05) is 0 Å². The lowest BCUT2D eigenvalue weighted by molar-refractivity contribution is -0.0316. The molecule has 31 heavy (non-hydrogen) atoms. The Kier molecular flexibility index (Phi) is 5.46. The number of urea groups is 1. The van der Waals surface area contributed by atoms with E-state index >= 15 is 0 Å². The summed E-state index contributed by atoms with van der Waals surface area (Å²) >= 11 is 0. The van der Waals surface area contributed by atoms with Crippen LogP contribution >= 0.6 is 0 Å². The van der Waals surface area contributed by atoms with Crippen molar-refractivity contribution in [2.75, 3.05) is 26.7 Å². The number of carbonyl (C=O) groups excluding carboxylic acids is 2. The number of oxime groups is 1. The third kappa shape index (κ3) is 4.01. The van der Waals surface area contributed by atoms with Crippen LogP contribution in [-0.2, 0) is 26.6 Å². The number of hydrogen-bond donors (Lipinski definition) is 4. The van der Waals surface area contributed by atoms with Gasteiger partial charge in [-0.3, -0.25) is 14.1 Å². The molecule has 3 aliphatic rings. The molecule has 1 aromatic heterocycles. The summed E-state index contributed by atoms with van der Waals surface area (Å²) in [5.41, 5.74) is 1.02. The number of rotatable bonds is 5. The van der Waals surface area contributed by atoms with Crippen LogP contribution in [0.3, 0.4) is 0 Å². The molecule has 3 atom stereocenters. The van der Waals surface area contributed by atoms with Crippen LogP contribution in [0.15, 0.2) is 11.4 Å². The van der Waals surface area contributed by atoms with Gasteiger partial charge < -0.3 is 20.9 Å². The van der Waals surface area contributed by atoms with Crippen molar-refractivity contribution >= 4 is 28.4 Å². The van der Waals surface area contributed by atoms with Crippen molar-refractivity contribution in [1.29, 1.82) is 0 Å². The number of fused-ring (bicyclic) bond motifs is 4. The van der Waals surface area contributed by atoms with Gasteiger partial charge in [-0.25, -0.2) is 9.59 Å². The molecule has 0 saturated carbocycles. The second-order valence-corrected chi connectivity index (χ2v) is 8.23. The maximum Gasteiger partial charge on any atom is 0.433 e. The molecule has 3 amide bonds. The van der Waals surface area contributed by atoms with Crippen molar-refractivity contribution in [2.45, 2.75) is 24.5 Å². The zero-order valence-electron chi connectivity index (χ0n) is 16.7. The Labute approximate surface area is 177 Å². The Morgan fingerprint density at radius 3 is 2.87 bits per heavy atom. The Morgan fingerprint density at radius 1 is 1.45 bits per heavy atom. The fourth-order valence-electron chi connectivity index (χ4n) is 4.00. The van der Waals surface area contributed by atoms with Crippen LogP contribution in [0.2, 0.25) is 0 Å². The van der Waals surface area contributed by atoms with Gasteiger partial charge in [0, 0.05) is 32.2 Å². The molecule has 0 radical (unpaired) electrons. The molecule has 4 heterocycles. The van der Waals surface area contributed by atoms with E-state index in [4.69, 9.17) is 9.39 Å². The zero-order chi connectivity index (χ0) is 22.3. The summed E-state index contributed by atoms with van der Waals surface area (Å²) in [6.07, 6.45) is 1.49. The second kappa shape index (κ2) is 7.95. The van der Waals surface area contributed by atoms with Gasteiger partial charge in [0.25, 0.3) is 0 Å². The summed E-state index contributed by atoms with van der Waals surface area (Å²) < 4.78 is 37.5. The number of carbonyl (C=O) groups is 2. The van der Waals surface area contributed by atoms with Crippen molar-refractivity contribution in [3.05, 3.63) is 17.5 Å². The van der Waals surface area contributed by atoms with E-state index < -0.39 is 34.6 Å². The first-order valence-corrected chi connectivity index (χ1v) is 10.8. The van der Waals surface area contributed by atoms with Gasteiger partial charge in [-0.1, -0.05) is 5.16 Å². The smallest absolute Gasteiger partial charge is 0.372 e. The summed E-state index contributed by atoms with van der Waals surface area (Å²) in [5.74, 6) is 0.116. The highest BCUT2D eigenvalue weighted by Gasteiger charge is 2.53. The topological polar surface area (TPSA) is 180 Å². The van der Waals surface area contributed by atoms with E-state index in [-0.39, 0.29) is 18.4 Å². The molecule has 2 fully saturated rings. The molecule has 2 saturated heterocycles. The first-order valence-electron chi connectivity index (χ1n) is 9.42. The number of nitrogens with one attached hydrogen (secondary N) is 3. The monoisotopic (exact) mass is 458 g/mol. The van der Waals surface area contributed by atoms with Gasteiger partial charge >= 0.3 is 22.5 Å². The Bertz CT molecular complexity index is 1020. The van der Waals surface area contributed by atoms with Crippen molar-refractivity contribution in [2.24, 2.45) is 12.2 Å². The van der Waals surface area contributed by atoms with Crippen LogP contribution in [-0.4, -0.2) is 83.4 Å². The molecular formula is C15H22N8O7S. The predicted octanol–water partition coefficient (Wildman–Crippen LogP) is -1.39. The number of amides is 3. The number of nitrogens with zero attached hydrogens (tertiary/aromatic N) is 5. The molecule has 15 nitrogen and oxygen atoms in total. The van der Waals surface area contributed by atoms with E-state index in [0.717, 1.165) is 13.0 Å².